The number of hydrogen-bond donors (Lipinski definition) is 0. The molecule has 1 aliphatic rings. The van der Waals surface area contributed by atoms with Crippen LogP contribution in [0.2, 0.25) is 0 Å². The van der Waals surface area contributed by atoms with Gasteiger partial charge in [0.25, 0.3) is 0 Å². The highest BCUT2D eigenvalue weighted by Crippen LogP contribution is 2.49. The van der Waals surface area contributed by atoms with E-state index in [0.717, 1.165) is 5.76 Å². The molecule has 0 bridgehead atoms. The molecule has 1 aromatic carbocycles. The van der Waals surface area contributed by atoms with Crippen LogP contribution in [0.5, 0.6) is 0 Å². The van der Waals surface area contributed by atoms with E-state index in [-0.39, 0.29) is 10.8 Å². The van der Waals surface area contributed by atoms with Crippen molar-refractivity contribution in [1.29, 1.82) is 0 Å². The second-order valence-corrected chi connectivity index (χ2v) is 7.45. The van der Waals surface area contributed by atoms with Crippen molar-refractivity contribution >= 4 is 11.6 Å². The monoisotopic (exact) mass is 281 g/mol. The molecule has 2 heteroatoms. The molecule has 0 spiro atoms. The smallest absolute Gasteiger partial charge is 0.159 e. The molecule has 1 aromatic heterocycles. The van der Waals surface area contributed by atoms with Crippen molar-refractivity contribution in [1.82, 2.24) is 5.16 Å². The predicted octanol–water partition coefficient (Wildman–Crippen LogP) is 5.19. The fourth-order valence-corrected chi connectivity index (χ4v) is 3.83. The first-order valence-corrected chi connectivity index (χ1v) is 7.54. The number of nitrogens with zero attached hydrogens (tertiary/aromatic N) is 1. The number of allylic oxidation sites excluding steroid dienone is 1. The summed E-state index contributed by atoms with van der Waals surface area (Å²) in [5.41, 5.74) is 5.94. The largest absolute Gasteiger partial charge is 0.357 e. The van der Waals surface area contributed by atoms with Crippen LogP contribution in [0, 0.1) is 0 Å². The lowest BCUT2D eigenvalue weighted by atomic mass is 9.82. The molecule has 1 heterocycles. The van der Waals surface area contributed by atoms with Gasteiger partial charge in [-0.05, 0) is 52.5 Å². The van der Waals surface area contributed by atoms with E-state index in [2.05, 4.69) is 58.0 Å². The predicted molar refractivity (Wildman–Crippen MR) is 87.2 cm³/mol. The highest BCUT2D eigenvalue weighted by molar-refractivity contribution is 5.79. The number of hydrogen-bond acceptors (Lipinski definition) is 2. The first-order chi connectivity index (χ1) is 9.79. The van der Waals surface area contributed by atoms with Crippen LogP contribution in [0.15, 0.2) is 35.0 Å². The van der Waals surface area contributed by atoms with Gasteiger partial charge < -0.3 is 4.52 Å². The van der Waals surface area contributed by atoms with Crippen LogP contribution in [0.3, 0.4) is 0 Å². The van der Waals surface area contributed by atoms with Gasteiger partial charge in [0.05, 0.1) is 6.20 Å². The van der Waals surface area contributed by atoms with E-state index in [9.17, 15) is 0 Å². The zero-order valence-corrected chi connectivity index (χ0v) is 13.5. The Morgan fingerprint density at radius 2 is 1.81 bits per heavy atom. The Morgan fingerprint density at radius 1 is 1.10 bits per heavy atom. The third-order valence-corrected chi connectivity index (χ3v) is 4.63. The summed E-state index contributed by atoms with van der Waals surface area (Å²) in [4.78, 5) is 0. The second kappa shape index (κ2) is 4.59. The standard InChI is InChI=1S/C19H23NO/c1-13(10-15-8-9-20-21-15)14-6-7-16-17(11-14)19(4,5)12-18(16,2)3/h6-11H,12H2,1-5H3/b13-10+. The Morgan fingerprint density at radius 3 is 2.48 bits per heavy atom. The van der Waals surface area contributed by atoms with Gasteiger partial charge in [0.1, 0.15) is 0 Å². The van der Waals surface area contributed by atoms with Gasteiger partial charge in [0, 0.05) is 6.07 Å². The lowest BCUT2D eigenvalue weighted by Gasteiger charge is -2.22. The highest BCUT2D eigenvalue weighted by Gasteiger charge is 2.41. The first-order valence-electron chi connectivity index (χ1n) is 7.54. The molecule has 0 unspecified atom stereocenters. The zero-order chi connectivity index (χ0) is 15.3. The van der Waals surface area contributed by atoms with E-state index >= 15 is 0 Å². The minimum Gasteiger partial charge on any atom is -0.357 e. The van der Waals surface area contributed by atoms with Gasteiger partial charge in [-0.2, -0.15) is 0 Å². The molecule has 0 aliphatic heterocycles. The Kier molecular flexibility index (Phi) is 3.09. The maximum Gasteiger partial charge on any atom is 0.159 e. The summed E-state index contributed by atoms with van der Waals surface area (Å²) in [7, 11) is 0. The summed E-state index contributed by atoms with van der Waals surface area (Å²) < 4.78 is 5.17. The zero-order valence-electron chi connectivity index (χ0n) is 13.5. The third-order valence-electron chi connectivity index (χ3n) is 4.63. The Bertz CT molecular complexity index is 690. The molecule has 2 aromatic rings. The normalized spacial score (nSPS) is 19.6. The average molecular weight is 281 g/mol. The number of aromatic nitrogens is 1. The summed E-state index contributed by atoms with van der Waals surface area (Å²) in [6.45, 7) is 11.5. The van der Waals surface area contributed by atoms with E-state index in [1.165, 1.54) is 28.7 Å². The van der Waals surface area contributed by atoms with Crippen molar-refractivity contribution in [2.45, 2.75) is 51.9 Å². The van der Waals surface area contributed by atoms with Crippen LogP contribution in [0.4, 0.5) is 0 Å². The molecule has 0 fully saturated rings. The maximum atomic E-state index is 5.17. The average Bonchev–Trinajstić information content (AvgIpc) is 2.95. The number of fused-ring (bicyclic) bond motifs is 1. The van der Waals surface area contributed by atoms with Crippen LogP contribution >= 0.6 is 0 Å². The van der Waals surface area contributed by atoms with Crippen LogP contribution < -0.4 is 0 Å². The molecule has 2 nitrogen and oxygen atoms in total. The number of benzene rings is 1. The topological polar surface area (TPSA) is 26.0 Å². The van der Waals surface area contributed by atoms with Gasteiger partial charge in [-0.25, -0.2) is 0 Å². The third kappa shape index (κ3) is 2.44. The summed E-state index contributed by atoms with van der Waals surface area (Å²) in [5, 5.41) is 3.75. The summed E-state index contributed by atoms with van der Waals surface area (Å²) in [6, 6.07) is 8.76. The van der Waals surface area contributed by atoms with E-state index in [1.54, 1.807) is 6.20 Å². The van der Waals surface area contributed by atoms with Gasteiger partial charge in [-0.3, -0.25) is 0 Å². The van der Waals surface area contributed by atoms with Crippen LogP contribution in [0.25, 0.3) is 11.6 Å². The lowest BCUT2D eigenvalue weighted by molar-refractivity contribution is 0.403. The van der Waals surface area contributed by atoms with Crippen molar-refractivity contribution in [3.8, 4) is 0 Å². The fourth-order valence-electron chi connectivity index (χ4n) is 3.83. The van der Waals surface area contributed by atoms with Crippen molar-refractivity contribution in [3.63, 3.8) is 0 Å². The second-order valence-electron chi connectivity index (χ2n) is 7.45. The maximum absolute atomic E-state index is 5.17. The van der Waals surface area contributed by atoms with Gasteiger partial charge in [0.2, 0.25) is 0 Å². The van der Waals surface area contributed by atoms with Crippen molar-refractivity contribution in [2.24, 2.45) is 0 Å². The number of rotatable bonds is 2. The molecule has 0 saturated heterocycles. The van der Waals surface area contributed by atoms with Gasteiger partial charge in [-0.15, -0.1) is 0 Å². The quantitative estimate of drug-likeness (QED) is 0.756. The Balaban J connectivity index is 2.05. The Labute approximate surface area is 126 Å². The molecule has 3 rings (SSSR count). The SMILES string of the molecule is C/C(=C\c1ccno1)c1ccc2c(c1)C(C)(C)CC2(C)C. The molecule has 0 N–H and O–H groups in total. The molecule has 21 heavy (non-hydrogen) atoms. The van der Waals surface area contributed by atoms with Crippen molar-refractivity contribution < 1.29 is 4.52 Å². The Hall–Kier alpha value is -1.83. The van der Waals surface area contributed by atoms with Crippen LogP contribution in [-0.4, -0.2) is 5.16 Å². The molecule has 110 valence electrons. The molecular formula is C19H23NO. The van der Waals surface area contributed by atoms with Gasteiger partial charge >= 0.3 is 0 Å². The summed E-state index contributed by atoms with van der Waals surface area (Å²) in [6.07, 6.45) is 4.92. The van der Waals surface area contributed by atoms with Gasteiger partial charge in [0.15, 0.2) is 5.76 Å². The summed E-state index contributed by atoms with van der Waals surface area (Å²) >= 11 is 0. The first kappa shape index (κ1) is 14.1. The van der Waals surface area contributed by atoms with E-state index < -0.39 is 0 Å². The van der Waals surface area contributed by atoms with Crippen molar-refractivity contribution in [3.05, 3.63) is 52.9 Å². The molecular weight excluding hydrogens is 258 g/mol. The molecule has 0 saturated carbocycles. The molecule has 0 radical (unpaired) electrons. The van der Waals surface area contributed by atoms with Crippen molar-refractivity contribution in [2.75, 3.05) is 0 Å². The minimum atomic E-state index is 0.237. The molecule has 1 aliphatic carbocycles. The van der Waals surface area contributed by atoms with E-state index in [1.807, 2.05) is 12.1 Å². The minimum absolute atomic E-state index is 0.237. The fraction of sp³-hybridized carbons (Fsp3) is 0.421. The van der Waals surface area contributed by atoms with E-state index in [4.69, 9.17) is 4.52 Å². The molecule has 0 amide bonds. The van der Waals surface area contributed by atoms with Gasteiger partial charge in [-0.1, -0.05) is 51.1 Å². The molecule has 0 atom stereocenters. The van der Waals surface area contributed by atoms with Crippen LogP contribution in [0.1, 0.15) is 63.5 Å². The highest BCUT2D eigenvalue weighted by atomic mass is 16.5. The lowest BCUT2D eigenvalue weighted by Crippen LogP contribution is -2.17. The van der Waals surface area contributed by atoms with E-state index in [0.29, 0.717) is 0 Å². The van der Waals surface area contributed by atoms with Crippen LogP contribution in [-0.2, 0) is 10.8 Å². The summed E-state index contributed by atoms with van der Waals surface area (Å²) in [5.74, 6) is 0.799.